The van der Waals surface area contributed by atoms with Gasteiger partial charge in [0.1, 0.15) is 5.75 Å². The van der Waals surface area contributed by atoms with Crippen molar-refractivity contribution in [1.82, 2.24) is 9.80 Å². The van der Waals surface area contributed by atoms with Gasteiger partial charge >= 0.3 is 0 Å². The maximum Gasteiger partial charge on any atom is 0.118 e. The van der Waals surface area contributed by atoms with Crippen molar-refractivity contribution in [3.63, 3.8) is 0 Å². The lowest BCUT2D eigenvalue weighted by molar-refractivity contribution is -0.0583. The molecule has 0 unspecified atom stereocenters. The number of methoxy groups -OCH3 is 1. The van der Waals surface area contributed by atoms with Crippen LogP contribution in [0.15, 0.2) is 24.3 Å². The highest BCUT2D eigenvalue weighted by Crippen LogP contribution is 2.26. The van der Waals surface area contributed by atoms with Crippen molar-refractivity contribution in [1.29, 1.82) is 0 Å². The molecule has 0 N–H and O–H groups in total. The minimum Gasteiger partial charge on any atom is -0.497 e. The zero-order valence-electron chi connectivity index (χ0n) is 13.3. The van der Waals surface area contributed by atoms with E-state index < -0.39 is 0 Å². The Bertz CT molecular complexity index is 460. The third kappa shape index (κ3) is 3.23. The minimum absolute atomic E-state index is 0.374. The molecule has 116 valence electrons. The van der Waals surface area contributed by atoms with Crippen LogP contribution in [-0.2, 0) is 11.3 Å². The molecule has 0 saturated carbocycles. The molecule has 21 heavy (non-hydrogen) atoms. The van der Waals surface area contributed by atoms with Crippen molar-refractivity contribution >= 4 is 0 Å². The predicted molar refractivity (Wildman–Crippen MR) is 83.6 cm³/mol. The largest absolute Gasteiger partial charge is 0.497 e. The van der Waals surface area contributed by atoms with Crippen LogP contribution in [0, 0.1) is 0 Å². The molecule has 0 radical (unpaired) electrons. The smallest absolute Gasteiger partial charge is 0.118 e. The summed E-state index contributed by atoms with van der Waals surface area (Å²) in [7, 11) is 1.71. The van der Waals surface area contributed by atoms with Crippen LogP contribution in [0.25, 0.3) is 0 Å². The molecular formula is C17H26N2O2. The maximum absolute atomic E-state index is 5.98. The summed E-state index contributed by atoms with van der Waals surface area (Å²) in [5.74, 6) is 0.920. The van der Waals surface area contributed by atoms with Gasteiger partial charge in [-0.2, -0.15) is 0 Å². The van der Waals surface area contributed by atoms with E-state index >= 15 is 0 Å². The maximum atomic E-state index is 5.98. The summed E-state index contributed by atoms with van der Waals surface area (Å²) >= 11 is 0. The molecule has 2 saturated heterocycles. The van der Waals surface area contributed by atoms with Crippen molar-refractivity contribution in [3.05, 3.63) is 29.8 Å². The van der Waals surface area contributed by atoms with Gasteiger partial charge in [-0.15, -0.1) is 0 Å². The van der Waals surface area contributed by atoms with E-state index in [4.69, 9.17) is 9.47 Å². The van der Waals surface area contributed by atoms with Crippen molar-refractivity contribution in [2.75, 3.05) is 33.4 Å². The molecule has 4 heteroatoms. The number of nitrogens with zero attached hydrogens (tertiary/aromatic N) is 2. The zero-order valence-corrected chi connectivity index (χ0v) is 13.3. The highest BCUT2D eigenvalue weighted by Gasteiger charge is 2.40. The molecule has 0 bridgehead atoms. The molecule has 3 rings (SSSR count). The van der Waals surface area contributed by atoms with Gasteiger partial charge in [0.2, 0.25) is 0 Å². The molecule has 0 aliphatic carbocycles. The molecule has 2 aliphatic rings. The van der Waals surface area contributed by atoms with E-state index in [2.05, 4.69) is 35.8 Å². The fourth-order valence-electron chi connectivity index (χ4n) is 3.55. The number of ether oxygens (including phenoxy) is 2. The lowest BCUT2D eigenvalue weighted by Crippen LogP contribution is -2.53. The number of morpholine rings is 1. The Balaban J connectivity index is 1.63. The van der Waals surface area contributed by atoms with Crippen LogP contribution in [0.3, 0.4) is 0 Å². The Kier molecular flexibility index (Phi) is 4.48. The van der Waals surface area contributed by atoms with E-state index in [0.717, 1.165) is 38.5 Å². The third-order valence-electron chi connectivity index (χ3n) is 4.65. The monoisotopic (exact) mass is 290 g/mol. The van der Waals surface area contributed by atoms with E-state index in [1.165, 1.54) is 5.56 Å². The quantitative estimate of drug-likeness (QED) is 0.846. The number of likely N-dealkylation sites (tertiary alicyclic amines) is 1. The molecule has 2 aliphatic heterocycles. The van der Waals surface area contributed by atoms with Gasteiger partial charge in [-0.1, -0.05) is 12.1 Å². The zero-order chi connectivity index (χ0) is 14.8. The van der Waals surface area contributed by atoms with Crippen molar-refractivity contribution in [2.45, 2.75) is 38.6 Å². The van der Waals surface area contributed by atoms with Gasteiger partial charge in [0.25, 0.3) is 0 Å². The summed E-state index contributed by atoms with van der Waals surface area (Å²) in [6.45, 7) is 9.65. The summed E-state index contributed by atoms with van der Waals surface area (Å²) in [5, 5.41) is 0. The van der Waals surface area contributed by atoms with E-state index in [1.807, 2.05) is 12.1 Å². The molecule has 0 amide bonds. The Morgan fingerprint density at radius 3 is 2.67 bits per heavy atom. The summed E-state index contributed by atoms with van der Waals surface area (Å²) in [6, 6.07) is 9.54. The third-order valence-corrected chi connectivity index (χ3v) is 4.65. The molecule has 1 aromatic carbocycles. The van der Waals surface area contributed by atoms with Gasteiger partial charge in [-0.3, -0.25) is 9.80 Å². The highest BCUT2D eigenvalue weighted by atomic mass is 16.5. The molecule has 0 aromatic heterocycles. The first-order chi connectivity index (χ1) is 10.2. The van der Waals surface area contributed by atoms with E-state index in [9.17, 15) is 0 Å². The topological polar surface area (TPSA) is 24.9 Å². The van der Waals surface area contributed by atoms with Crippen molar-refractivity contribution < 1.29 is 9.47 Å². The molecule has 2 fully saturated rings. The van der Waals surface area contributed by atoms with E-state index in [1.54, 1.807) is 7.11 Å². The fraction of sp³-hybridized carbons (Fsp3) is 0.647. The van der Waals surface area contributed by atoms with Crippen LogP contribution in [0.4, 0.5) is 0 Å². The Labute approximate surface area is 127 Å². The lowest BCUT2D eigenvalue weighted by atomic mass is 10.1. The van der Waals surface area contributed by atoms with E-state index in [0.29, 0.717) is 18.2 Å². The minimum atomic E-state index is 0.374. The fourth-order valence-corrected chi connectivity index (χ4v) is 3.55. The highest BCUT2D eigenvalue weighted by molar-refractivity contribution is 5.27. The molecule has 4 nitrogen and oxygen atoms in total. The Hall–Kier alpha value is -1.10. The SMILES string of the molecule is COc1ccc(CN2C[C@H]3OCCN(C(C)C)[C@H]3C2)cc1. The lowest BCUT2D eigenvalue weighted by Gasteiger charge is -2.39. The molecular weight excluding hydrogens is 264 g/mol. The number of benzene rings is 1. The second kappa shape index (κ2) is 6.34. The first kappa shape index (κ1) is 14.8. The van der Waals surface area contributed by atoms with Gasteiger partial charge in [0, 0.05) is 32.2 Å². The first-order valence-electron chi connectivity index (χ1n) is 7.90. The normalized spacial score (nSPS) is 27.0. The molecule has 2 heterocycles. The standard InChI is InChI=1S/C17H26N2O2/c1-13(2)19-8-9-21-17-12-18(11-16(17)19)10-14-4-6-15(20-3)7-5-14/h4-7,13,16-17H,8-12H2,1-3H3/t16-,17+/m0/s1. The van der Waals surface area contributed by atoms with Gasteiger partial charge < -0.3 is 9.47 Å². The average molecular weight is 290 g/mol. The van der Waals surface area contributed by atoms with Crippen LogP contribution in [0.2, 0.25) is 0 Å². The van der Waals surface area contributed by atoms with Crippen LogP contribution < -0.4 is 4.74 Å². The van der Waals surface area contributed by atoms with Gasteiger partial charge in [0.15, 0.2) is 0 Å². The summed E-state index contributed by atoms with van der Waals surface area (Å²) in [5.41, 5.74) is 1.34. The number of fused-ring (bicyclic) bond motifs is 1. The first-order valence-corrected chi connectivity index (χ1v) is 7.90. The van der Waals surface area contributed by atoms with Gasteiger partial charge in [-0.25, -0.2) is 0 Å². The summed E-state index contributed by atoms with van der Waals surface area (Å²) in [6.07, 6.45) is 0.374. The predicted octanol–water partition coefficient (Wildman–Crippen LogP) is 1.99. The number of rotatable bonds is 4. The summed E-state index contributed by atoms with van der Waals surface area (Å²) < 4.78 is 11.2. The van der Waals surface area contributed by atoms with E-state index in [-0.39, 0.29) is 0 Å². The van der Waals surface area contributed by atoms with Crippen LogP contribution in [-0.4, -0.2) is 61.3 Å². The second-order valence-corrected chi connectivity index (χ2v) is 6.35. The van der Waals surface area contributed by atoms with Crippen molar-refractivity contribution in [3.8, 4) is 5.75 Å². The Morgan fingerprint density at radius 2 is 2.00 bits per heavy atom. The average Bonchev–Trinajstić information content (AvgIpc) is 2.89. The number of hydrogen-bond donors (Lipinski definition) is 0. The van der Waals surface area contributed by atoms with Gasteiger partial charge in [0.05, 0.1) is 25.9 Å². The molecule has 0 spiro atoms. The molecule has 2 atom stereocenters. The molecule has 1 aromatic rings. The van der Waals surface area contributed by atoms with Gasteiger partial charge in [-0.05, 0) is 31.5 Å². The van der Waals surface area contributed by atoms with Crippen LogP contribution in [0.5, 0.6) is 5.75 Å². The van der Waals surface area contributed by atoms with Crippen LogP contribution >= 0.6 is 0 Å². The van der Waals surface area contributed by atoms with Crippen molar-refractivity contribution in [2.24, 2.45) is 0 Å². The summed E-state index contributed by atoms with van der Waals surface area (Å²) in [4.78, 5) is 5.11. The van der Waals surface area contributed by atoms with Crippen LogP contribution in [0.1, 0.15) is 19.4 Å². The second-order valence-electron chi connectivity index (χ2n) is 6.35. The number of hydrogen-bond acceptors (Lipinski definition) is 4. The Morgan fingerprint density at radius 1 is 1.24 bits per heavy atom.